The molecule has 0 bridgehead atoms. The average molecular weight is 337 g/mol. The Morgan fingerprint density at radius 3 is 2.65 bits per heavy atom. The first kappa shape index (κ1) is 16.4. The molecule has 0 amide bonds. The second-order valence-electron chi connectivity index (χ2n) is 4.29. The summed E-state index contributed by atoms with van der Waals surface area (Å²) in [6, 6.07) is 1.77. The van der Waals surface area contributed by atoms with Gasteiger partial charge in [0.1, 0.15) is 11.4 Å². The third kappa shape index (κ3) is 3.29. The number of rotatable bonds is 4. The van der Waals surface area contributed by atoms with Crippen LogP contribution < -0.4 is 5.56 Å². The lowest BCUT2D eigenvalue weighted by atomic mass is 10.2. The first-order valence-electron chi connectivity index (χ1n) is 6.10. The first-order chi connectivity index (χ1) is 10.8. The molecule has 0 aliphatic rings. The lowest BCUT2D eigenvalue weighted by Gasteiger charge is -2.04. The quantitative estimate of drug-likeness (QED) is 0.362. The largest absolute Gasteiger partial charge is 0.507 e. The zero-order chi connectivity index (χ0) is 17.1. The molecule has 0 atom stereocenters. The molecule has 11 heteroatoms. The molecular formula is C12H11N5O5S. The highest BCUT2D eigenvalue weighted by Crippen LogP contribution is 2.32. The van der Waals surface area contributed by atoms with E-state index < -0.39 is 27.7 Å². The van der Waals surface area contributed by atoms with Crippen molar-refractivity contribution in [3.05, 3.63) is 43.9 Å². The molecule has 0 unspecified atom stereocenters. The molecule has 0 spiro atoms. The summed E-state index contributed by atoms with van der Waals surface area (Å²) in [6.45, 7) is 1.47. The van der Waals surface area contributed by atoms with Crippen LogP contribution in [0.25, 0.3) is 0 Å². The molecule has 0 saturated heterocycles. The summed E-state index contributed by atoms with van der Waals surface area (Å²) >= 11 is 1.13. The Hall–Kier alpha value is -2.95. The van der Waals surface area contributed by atoms with E-state index in [4.69, 9.17) is 0 Å². The van der Waals surface area contributed by atoms with Crippen molar-refractivity contribution in [3.63, 3.8) is 0 Å². The fraction of sp³-hybridized carbons (Fsp3) is 0.167. The predicted molar refractivity (Wildman–Crippen MR) is 82.2 cm³/mol. The van der Waals surface area contributed by atoms with Crippen LogP contribution in [0, 0.1) is 17.0 Å². The zero-order valence-electron chi connectivity index (χ0n) is 12.0. The van der Waals surface area contributed by atoms with Crippen molar-refractivity contribution in [1.29, 1.82) is 0 Å². The summed E-state index contributed by atoms with van der Waals surface area (Å²) in [6.07, 6.45) is 2.73. The smallest absolute Gasteiger partial charge is 0.311 e. The minimum absolute atomic E-state index is 0.0390. The molecule has 0 saturated carbocycles. The van der Waals surface area contributed by atoms with Gasteiger partial charge in [-0.2, -0.15) is 9.78 Å². The van der Waals surface area contributed by atoms with Crippen molar-refractivity contribution >= 4 is 23.7 Å². The van der Waals surface area contributed by atoms with Crippen LogP contribution in [-0.4, -0.2) is 42.5 Å². The fourth-order valence-electron chi connectivity index (χ4n) is 1.62. The molecule has 2 rings (SSSR count). The number of aryl methyl sites for hydroxylation is 1. The Labute approximate surface area is 133 Å². The van der Waals surface area contributed by atoms with Gasteiger partial charge in [-0.25, -0.2) is 0 Å². The molecule has 0 aliphatic heterocycles. The highest BCUT2D eigenvalue weighted by molar-refractivity contribution is 7.98. The number of phenols is 2. The summed E-state index contributed by atoms with van der Waals surface area (Å²) in [4.78, 5) is 22.0. The average Bonchev–Trinajstić information content (AvgIpc) is 2.49. The molecule has 1 aromatic heterocycles. The summed E-state index contributed by atoms with van der Waals surface area (Å²) < 4.78 is 0.963. The van der Waals surface area contributed by atoms with Crippen molar-refractivity contribution in [1.82, 2.24) is 14.9 Å². The Balaban J connectivity index is 2.54. The van der Waals surface area contributed by atoms with Gasteiger partial charge in [0.05, 0.1) is 11.1 Å². The minimum Gasteiger partial charge on any atom is -0.507 e. The highest BCUT2D eigenvalue weighted by atomic mass is 32.2. The molecule has 1 heterocycles. The minimum atomic E-state index is -0.802. The maximum atomic E-state index is 12.0. The molecule has 2 aromatic rings. The summed E-state index contributed by atoms with van der Waals surface area (Å²) in [5.41, 5.74) is -1.01. The molecular weight excluding hydrogens is 326 g/mol. The van der Waals surface area contributed by atoms with Crippen molar-refractivity contribution in [2.24, 2.45) is 5.10 Å². The van der Waals surface area contributed by atoms with Crippen LogP contribution in [0.2, 0.25) is 0 Å². The van der Waals surface area contributed by atoms with Crippen LogP contribution in [-0.2, 0) is 0 Å². The van der Waals surface area contributed by atoms with Crippen molar-refractivity contribution in [2.45, 2.75) is 12.1 Å². The Kier molecular flexibility index (Phi) is 4.60. The molecule has 0 aliphatic carbocycles. The van der Waals surface area contributed by atoms with Crippen molar-refractivity contribution < 1.29 is 15.1 Å². The normalized spacial score (nSPS) is 11.0. The van der Waals surface area contributed by atoms with Gasteiger partial charge in [-0.1, -0.05) is 11.8 Å². The second-order valence-corrected chi connectivity index (χ2v) is 5.06. The summed E-state index contributed by atoms with van der Waals surface area (Å²) in [5.74, 6) is -1.10. The molecule has 10 nitrogen and oxygen atoms in total. The molecule has 0 fully saturated rings. The van der Waals surface area contributed by atoms with E-state index >= 15 is 0 Å². The number of hydrogen-bond acceptors (Lipinski definition) is 9. The third-order valence-electron chi connectivity index (χ3n) is 2.78. The summed E-state index contributed by atoms with van der Waals surface area (Å²) in [7, 11) is 0. The van der Waals surface area contributed by atoms with E-state index in [1.165, 1.54) is 6.92 Å². The predicted octanol–water partition coefficient (Wildman–Crippen LogP) is 0.870. The van der Waals surface area contributed by atoms with Crippen LogP contribution >= 0.6 is 11.8 Å². The SMILES string of the molecule is CSc1nnc(C)c(=O)n1/N=C\c1cc([N+](=O)[O-])c(O)cc1O. The zero-order valence-corrected chi connectivity index (χ0v) is 12.8. The van der Waals surface area contributed by atoms with Gasteiger partial charge in [0.2, 0.25) is 5.16 Å². The topological polar surface area (TPSA) is 144 Å². The standard InChI is InChI=1S/C12H11N5O5S/c1-6-11(20)16(12(23-2)15-14-6)13-5-7-3-8(17(21)22)10(19)4-9(7)18/h3-5,18-19H,1-2H3/b13-5-. The number of benzene rings is 1. The van der Waals surface area contributed by atoms with Crippen LogP contribution in [0.5, 0.6) is 11.5 Å². The van der Waals surface area contributed by atoms with E-state index in [0.29, 0.717) is 0 Å². The van der Waals surface area contributed by atoms with E-state index in [9.17, 15) is 25.1 Å². The molecule has 23 heavy (non-hydrogen) atoms. The van der Waals surface area contributed by atoms with Gasteiger partial charge in [-0.05, 0) is 13.2 Å². The van der Waals surface area contributed by atoms with Gasteiger partial charge in [-0.15, -0.1) is 10.2 Å². The van der Waals surface area contributed by atoms with E-state index in [2.05, 4.69) is 15.3 Å². The molecule has 0 radical (unpaired) electrons. The van der Waals surface area contributed by atoms with Crippen LogP contribution in [0.1, 0.15) is 11.3 Å². The summed E-state index contributed by atoms with van der Waals surface area (Å²) in [5, 5.41) is 41.5. The lowest BCUT2D eigenvalue weighted by molar-refractivity contribution is -0.385. The van der Waals surface area contributed by atoms with Crippen LogP contribution in [0.4, 0.5) is 5.69 Å². The van der Waals surface area contributed by atoms with Gasteiger partial charge in [0, 0.05) is 17.7 Å². The van der Waals surface area contributed by atoms with Crippen molar-refractivity contribution in [2.75, 3.05) is 6.26 Å². The Morgan fingerprint density at radius 2 is 2.04 bits per heavy atom. The number of aromatic hydroxyl groups is 2. The number of aromatic nitrogens is 3. The van der Waals surface area contributed by atoms with E-state index in [1.807, 2.05) is 0 Å². The van der Waals surface area contributed by atoms with Gasteiger partial charge in [-0.3, -0.25) is 14.9 Å². The maximum absolute atomic E-state index is 12.0. The van der Waals surface area contributed by atoms with E-state index in [-0.39, 0.29) is 16.4 Å². The molecule has 1 aromatic carbocycles. The van der Waals surface area contributed by atoms with Gasteiger partial charge in [0.15, 0.2) is 5.75 Å². The van der Waals surface area contributed by atoms with Crippen molar-refractivity contribution in [3.8, 4) is 11.5 Å². The van der Waals surface area contributed by atoms with Gasteiger partial charge >= 0.3 is 5.69 Å². The molecule has 2 N–H and O–H groups in total. The number of thioether (sulfide) groups is 1. The van der Waals surface area contributed by atoms with Gasteiger partial charge < -0.3 is 10.2 Å². The number of nitro benzene ring substituents is 1. The fourth-order valence-corrected chi connectivity index (χ4v) is 2.05. The van der Waals surface area contributed by atoms with Crippen LogP contribution in [0.15, 0.2) is 27.2 Å². The maximum Gasteiger partial charge on any atom is 0.311 e. The van der Waals surface area contributed by atoms with E-state index in [1.54, 1.807) is 6.26 Å². The third-order valence-corrected chi connectivity index (χ3v) is 3.40. The van der Waals surface area contributed by atoms with E-state index in [0.717, 1.165) is 34.8 Å². The lowest BCUT2D eigenvalue weighted by Crippen LogP contribution is -2.23. The number of nitrogens with zero attached hydrogens (tertiary/aromatic N) is 5. The number of nitro groups is 1. The van der Waals surface area contributed by atoms with Gasteiger partial charge in [0.25, 0.3) is 5.56 Å². The molecule has 120 valence electrons. The second kappa shape index (κ2) is 6.44. The monoisotopic (exact) mass is 337 g/mol. The highest BCUT2D eigenvalue weighted by Gasteiger charge is 2.17. The Bertz CT molecular complexity index is 864. The number of hydrogen-bond donors (Lipinski definition) is 2. The van der Waals surface area contributed by atoms with Crippen LogP contribution in [0.3, 0.4) is 0 Å². The first-order valence-corrected chi connectivity index (χ1v) is 7.32. The Morgan fingerprint density at radius 1 is 1.35 bits per heavy atom. The number of phenolic OH excluding ortho intramolecular Hbond substituents is 2.